The van der Waals surface area contributed by atoms with E-state index in [1.165, 1.54) is 5.56 Å². The van der Waals surface area contributed by atoms with Crippen molar-refractivity contribution < 1.29 is 9.53 Å². The minimum absolute atomic E-state index is 0. The molecule has 0 heterocycles. The maximum Gasteiger partial charge on any atom is 0.251 e. The second kappa shape index (κ2) is 14.6. The fraction of sp³-hybridized carbons (Fsp3) is 0.391. The van der Waals surface area contributed by atoms with Crippen LogP contribution in [0.25, 0.3) is 0 Å². The third kappa shape index (κ3) is 10.5. The van der Waals surface area contributed by atoms with E-state index in [9.17, 15) is 4.79 Å². The highest BCUT2D eigenvalue weighted by atomic mass is 127. The van der Waals surface area contributed by atoms with E-state index in [2.05, 4.69) is 20.9 Å². The van der Waals surface area contributed by atoms with Crippen LogP contribution in [-0.4, -0.2) is 64.2 Å². The lowest BCUT2D eigenvalue weighted by Gasteiger charge is -2.13. The van der Waals surface area contributed by atoms with Crippen molar-refractivity contribution in [2.24, 2.45) is 4.99 Å². The van der Waals surface area contributed by atoms with E-state index in [1.807, 2.05) is 74.4 Å². The van der Waals surface area contributed by atoms with Crippen LogP contribution in [0.5, 0.6) is 5.75 Å². The molecule has 0 atom stereocenters. The molecule has 0 aromatic heterocycles. The Bertz CT molecular complexity index is 825. The van der Waals surface area contributed by atoms with Crippen LogP contribution in [0.3, 0.4) is 0 Å². The zero-order chi connectivity index (χ0) is 21.8. The molecular formula is C23H34IN5O2. The molecule has 0 saturated carbocycles. The van der Waals surface area contributed by atoms with Crippen LogP contribution in [0.4, 0.5) is 0 Å². The Balaban J connectivity index is 0.00000480. The molecule has 8 heteroatoms. The zero-order valence-corrected chi connectivity index (χ0v) is 21.1. The first-order valence-corrected chi connectivity index (χ1v) is 10.1. The molecule has 0 aliphatic carbocycles. The number of aliphatic imine (C=N–C) groups is 1. The standard InChI is InChI=1S/C23H33N5O2.HI/c1-18-8-10-21(11-9-18)30-15-13-26-23(24-2)27-17-19-6-5-7-20(16-19)22(29)25-12-14-28(3)4;/h5-11,16H,12-15,17H2,1-4H3,(H,25,29)(H2,24,26,27);1H. The van der Waals surface area contributed by atoms with Crippen molar-refractivity contribution >= 4 is 35.8 Å². The Morgan fingerprint density at radius 2 is 1.77 bits per heavy atom. The smallest absolute Gasteiger partial charge is 0.251 e. The van der Waals surface area contributed by atoms with Gasteiger partial charge in [0, 0.05) is 32.2 Å². The van der Waals surface area contributed by atoms with Crippen molar-refractivity contribution in [3.05, 3.63) is 65.2 Å². The highest BCUT2D eigenvalue weighted by molar-refractivity contribution is 14.0. The van der Waals surface area contributed by atoms with Gasteiger partial charge in [-0.1, -0.05) is 29.8 Å². The first-order chi connectivity index (χ1) is 14.5. The Labute approximate surface area is 202 Å². The summed E-state index contributed by atoms with van der Waals surface area (Å²) in [4.78, 5) is 18.5. The Kier molecular flexibility index (Phi) is 12.6. The molecule has 0 fully saturated rings. The topological polar surface area (TPSA) is 78.0 Å². The van der Waals surface area contributed by atoms with Crippen LogP contribution >= 0.6 is 24.0 Å². The van der Waals surface area contributed by atoms with E-state index in [0.29, 0.717) is 37.8 Å². The van der Waals surface area contributed by atoms with Gasteiger partial charge < -0.3 is 25.6 Å². The Hall–Kier alpha value is -2.33. The molecule has 0 radical (unpaired) electrons. The molecule has 1 amide bonds. The molecule has 2 rings (SSSR count). The summed E-state index contributed by atoms with van der Waals surface area (Å²) >= 11 is 0. The first kappa shape index (κ1) is 26.7. The van der Waals surface area contributed by atoms with Gasteiger partial charge in [0.2, 0.25) is 0 Å². The molecule has 0 saturated heterocycles. The summed E-state index contributed by atoms with van der Waals surface area (Å²) < 4.78 is 5.71. The molecule has 7 nitrogen and oxygen atoms in total. The lowest BCUT2D eigenvalue weighted by atomic mass is 10.1. The van der Waals surface area contributed by atoms with Gasteiger partial charge in [0.05, 0.1) is 6.54 Å². The van der Waals surface area contributed by atoms with E-state index in [1.54, 1.807) is 7.05 Å². The van der Waals surface area contributed by atoms with Gasteiger partial charge in [0.15, 0.2) is 5.96 Å². The average Bonchev–Trinajstić information content (AvgIpc) is 2.74. The van der Waals surface area contributed by atoms with Crippen LogP contribution in [0.2, 0.25) is 0 Å². The second-order valence-electron chi connectivity index (χ2n) is 7.27. The molecule has 0 aliphatic heterocycles. The predicted octanol–water partition coefficient (Wildman–Crippen LogP) is 2.65. The number of aryl methyl sites for hydroxylation is 1. The van der Waals surface area contributed by atoms with Crippen LogP contribution in [0, 0.1) is 6.92 Å². The van der Waals surface area contributed by atoms with Crippen molar-refractivity contribution in [2.75, 3.05) is 47.4 Å². The van der Waals surface area contributed by atoms with Crippen LogP contribution in [0.1, 0.15) is 21.5 Å². The number of hydrogen-bond donors (Lipinski definition) is 3. The van der Waals surface area contributed by atoms with Gasteiger partial charge in [-0.05, 0) is 50.8 Å². The lowest BCUT2D eigenvalue weighted by Crippen LogP contribution is -2.38. The average molecular weight is 539 g/mol. The number of ether oxygens (including phenoxy) is 1. The van der Waals surface area contributed by atoms with E-state index in [4.69, 9.17) is 4.74 Å². The number of halogens is 1. The van der Waals surface area contributed by atoms with Crippen LogP contribution in [-0.2, 0) is 6.54 Å². The molecule has 0 spiro atoms. The summed E-state index contributed by atoms with van der Waals surface area (Å²) in [7, 11) is 5.69. The SMILES string of the molecule is CN=C(NCCOc1ccc(C)cc1)NCc1cccc(C(=O)NCCN(C)C)c1.I. The molecule has 3 N–H and O–H groups in total. The highest BCUT2D eigenvalue weighted by Gasteiger charge is 2.06. The molecule has 0 aliphatic rings. The van der Waals surface area contributed by atoms with Gasteiger partial charge in [0.25, 0.3) is 5.91 Å². The summed E-state index contributed by atoms with van der Waals surface area (Å²) in [6.45, 7) is 5.21. The second-order valence-corrected chi connectivity index (χ2v) is 7.27. The highest BCUT2D eigenvalue weighted by Crippen LogP contribution is 2.10. The van der Waals surface area contributed by atoms with Gasteiger partial charge in [-0.25, -0.2) is 0 Å². The van der Waals surface area contributed by atoms with Gasteiger partial charge >= 0.3 is 0 Å². The maximum absolute atomic E-state index is 12.3. The van der Waals surface area contributed by atoms with Crippen molar-refractivity contribution in [1.82, 2.24) is 20.9 Å². The van der Waals surface area contributed by atoms with E-state index >= 15 is 0 Å². The largest absolute Gasteiger partial charge is 0.492 e. The Morgan fingerprint density at radius 3 is 2.45 bits per heavy atom. The summed E-state index contributed by atoms with van der Waals surface area (Å²) in [5.41, 5.74) is 2.87. The van der Waals surface area contributed by atoms with Gasteiger partial charge in [-0.15, -0.1) is 24.0 Å². The van der Waals surface area contributed by atoms with Crippen molar-refractivity contribution in [3.63, 3.8) is 0 Å². The summed E-state index contributed by atoms with van der Waals surface area (Å²) in [5, 5.41) is 9.42. The minimum atomic E-state index is -0.0607. The third-order valence-corrected chi connectivity index (χ3v) is 4.40. The van der Waals surface area contributed by atoms with Crippen molar-refractivity contribution in [1.29, 1.82) is 0 Å². The number of nitrogens with one attached hydrogen (secondary N) is 3. The number of amides is 1. The van der Waals surface area contributed by atoms with Gasteiger partial charge in [-0.2, -0.15) is 0 Å². The first-order valence-electron chi connectivity index (χ1n) is 10.1. The number of rotatable bonds is 10. The molecule has 170 valence electrons. The number of likely N-dealkylation sites (N-methyl/N-ethyl adjacent to an activating group) is 1. The zero-order valence-electron chi connectivity index (χ0n) is 18.8. The fourth-order valence-electron chi connectivity index (χ4n) is 2.70. The van der Waals surface area contributed by atoms with E-state index in [0.717, 1.165) is 17.9 Å². The summed E-state index contributed by atoms with van der Waals surface area (Å²) in [6.07, 6.45) is 0. The predicted molar refractivity (Wildman–Crippen MR) is 138 cm³/mol. The van der Waals surface area contributed by atoms with E-state index < -0.39 is 0 Å². The normalized spacial score (nSPS) is 10.9. The number of carbonyl (C=O) groups is 1. The Morgan fingerprint density at radius 1 is 1.03 bits per heavy atom. The molecule has 2 aromatic rings. The van der Waals surface area contributed by atoms with Crippen LogP contribution < -0.4 is 20.7 Å². The van der Waals surface area contributed by atoms with Crippen molar-refractivity contribution in [2.45, 2.75) is 13.5 Å². The number of hydrogen-bond acceptors (Lipinski definition) is 4. The van der Waals surface area contributed by atoms with Gasteiger partial charge in [0.1, 0.15) is 12.4 Å². The molecular weight excluding hydrogens is 505 g/mol. The number of benzene rings is 2. The molecule has 0 bridgehead atoms. The number of guanidine groups is 1. The number of nitrogens with zero attached hydrogens (tertiary/aromatic N) is 2. The summed E-state index contributed by atoms with van der Waals surface area (Å²) in [5.74, 6) is 1.48. The number of carbonyl (C=O) groups excluding carboxylic acids is 1. The lowest BCUT2D eigenvalue weighted by molar-refractivity contribution is 0.0951. The maximum atomic E-state index is 12.3. The fourth-order valence-corrected chi connectivity index (χ4v) is 2.70. The molecule has 2 aromatic carbocycles. The molecule has 31 heavy (non-hydrogen) atoms. The van der Waals surface area contributed by atoms with Crippen molar-refractivity contribution in [3.8, 4) is 5.75 Å². The van der Waals surface area contributed by atoms with Crippen LogP contribution in [0.15, 0.2) is 53.5 Å². The quantitative estimate of drug-likeness (QED) is 0.187. The third-order valence-electron chi connectivity index (χ3n) is 4.40. The van der Waals surface area contributed by atoms with Gasteiger partial charge in [-0.3, -0.25) is 9.79 Å². The monoisotopic (exact) mass is 539 g/mol. The van der Waals surface area contributed by atoms with E-state index in [-0.39, 0.29) is 29.9 Å². The molecule has 0 unspecified atom stereocenters. The summed E-state index contributed by atoms with van der Waals surface area (Å²) in [6, 6.07) is 15.6. The minimum Gasteiger partial charge on any atom is -0.492 e.